The van der Waals surface area contributed by atoms with Gasteiger partial charge in [-0.15, -0.1) is 0 Å². The number of benzene rings is 1. The summed E-state index contributed by atoms with van der Waals surface area (Å²) in [7, 11) is 1.84. The summed E-state index contributed by atoms with van der Waals surface area (Å²) in [6.45, 7) is 11.0. The molecule has 2 aliphatic rings. The largest absolute Gasteiger partial charge is 0.474 e. The molecule has 2 aliphatic heterocycles. The standard InChI is InChI=1S/C35H43F3N6O5/c1-20(27-15-21(36)19-43(27)7)46-29-18-30(47-23-12-14-44(22(16-23)11-13-39)33(45)48-34(2,3)4)41-32(40-29)26-17-28(49-42-26)35(5,6)31-24(37)9-8-10-25(31)38/h8-10,17-18,20-23,27H,11-12,14-16,19H2,1-7H3/t20-,21-,22+,23-,27-/m0/s1. The second kappa shape index (κ2) is 14.2. The van der Waals surface area contributed by atoms with E-state index < -0.39 is 53.2 Å². The van der Waals surface area contributed by atoms with Gasteiger partial charge in [-0.1, -0.05) is 11.2 Å². The van der Waals surface area contributed by atoms with Crippen LogP contribution in [0.15, 0.2) is 34.9 Å². The molecule has 0 saturated carbocycles. The lowest BCUT2D eigenvalue weighted by Gasteiger charge is -2.38. The molecule has 0 N–H and O–H groups in total. The molecule has 0 bridgehead atoms. The molecule has 2 saturated heterocycles. The maximum atomic E-state index is 14.8. The number of carbonyl (C=O) groups excluding carboxylic acids is 1. The molecule has 1 aromatic carbocycles. The number of ether oxygens (including phenoxy) is 3. The highest BCUT2D eigenvalue weighted by molar-refractivity contribution is 5.68. The zero-order valence-corrected chi connectivity index (χ0v) is 28.9. The van der Waals surface area contributed by atoms with Crippen molar-refractivity contribution < 1.29 is 36.7 Å². The minimum atomic E-state index is -1.24. The number of nitrogens with zero attached hydrogens (tertiary/aromatic N) is 6. The van der Waals surface area contributed by atoms with Crippen molar-refractivity contribution in [3.05, 3.63) is 53.3 Å². The smallest absolute Gasteiger partial charge is 0.410 e. The molecule has 264 valence electrons. The number of nitriles is 1. The normalized spacial score (nSPS) is 22.4. The number of aromatic nitrogens is 3. The zero-order valence-electron chi connectivity index (χ0n) is 28.9. The van der Waals surface area contributed by atoms with Gasteiger partial charge in [0.25, 0.3) is 0 Å². The van der Waals surface area contributed by atoms with Crippen LogP contribution in [0.1, 0.15) is 78.5 Å². The highest BCUT2D eigenvalue weighted by atomic mass is 19.1. The Labute approximate surface area is 284 Å². The minimum absolute atomic E-state index is 0.0717. The van der Waals surface area contributed by atoms with Gasteiger partial charge >= 0.3 is 6.09 Å². The number of amides is 1. The van der Waals surface area contributed by atoms with E-state index in [9.17, 15) is 23.2 Å². The molecular formula is C35H43F3N6O5. The summed E-state index contributed by atoms with van der Waals surface area (Å²) >= 11 is 0. The summed E-state index contributed by atoms with van der Waals surface area (Å²) in [6.07, 6.45) is -1.15. The Morgan fingerprint density at radius 2 is 1.82 bits per heavy atom. The van der Waals surface area contributed by atoms with Crippen LogP contribution in [0.2, 0.25) is 0 Å². The molecule has 0 radical (unpaired) electrons. The molecule has 3 aromatic rings. The van der Waals surface area contributed by atoms with Crippen LogP contribution < -0.4 is 9.47 Å². The Bertz CT molecular complexity index is 1670. The third-order valence-corrected chi connectivity index (χ3v) is 8.93. The van der Waals surface area contributed by atoms with Crippen LogP contribution in [0.25, 0.3) is 11.5 Å². The summed E-state index contributed by atoms with van der Waals surface area (Å²) in [4.78, 5) is 25.5. The van der Waals surface area contributed by atoms with Crippen LogP contribution >= 0.6 is 0 Å². The van der Waals surface area contributed by atoms with Gasteiger partial charge in [0.05, 0.1) is 30.0 Å². The molecular weight excluding hydrogens is 641 g/mol. The van der Waals surface area contributed by atoms with Crippen LogP contribution in [-0.4, -0.2) is 87.2 Å². The van der Waals surface area contributed by atoms with Crippen LogP contribution in [-0.2, 0) is 10.2 Å². The third-order valence-electron chi connectivity index (χ3n) is 8.93. The zero-order chi connectivity index (χ0) is 35.7. The molecule has 5 rings (SSSR count). The van der Waals surface area contributed by atoms with Gasteiger partial charge in [0.2, 0.25) is 11.8 Å². The van der Waals surface area contributed by atoms with Crippen LogP contribution in [0.4, 0.5) is 18.0 Å². The number of hydrogen-bond acceptors (Lipinski definition) is 10. The van der Waals surface area contributed by atoms with Crippen molar-refractivity contribution in [2.24, 2.45) is 0 Å². The van der Waals surface area contributed by atoms with Gasteiger partial charge in [-0.05, 0) is 67.1 Å². The van der Waals surface area contributed by atoms with E-state index in [1.807, 2.05) is 18.9 Å². The fourth-order valence-electron chi connectivity index (χ4n) is 6.47. The van der Waals surface area contributed by atoms with Gasteiger partial charge in [-0.25, -0.2) is 18.0 Å². The van der Waals surface area contributed by atoms with E-state index in [4.69, 9.17) is 18.7 Å². The Hall–Kier alpha value is -4.38. The lowest BCUT2D eigenvalue weighted by Crippen LogP contribution is -2.50. The Balaban J connectivity index is 1.43. The molecule has 1 amide bonds. The molecule has 0 spiro atoms. The quantitative estimate of drug-likeness (QED) is 0.243. The first kappa shape index (κ1) is 35.9. The molecule has 0 aliphatic carbocycles. The van der Waals surface area contributed by atoms with Crippen LogP contribution in [0, 0.1) is 23.0 Å². The minimum Gasteiger partial charge on any atom is -0.474 e. The number of carbonyl (C=O) groups is 1. The predicted molar refractivity (Wildman–Crippen MR) is 173 cm³/mol. The van der Waals surface area contributed by atoms with Crippen LogP contribution in [0.5, 0.6) is 11.8 Å². The number of likely N-dealkylation sites (N-methyl/N-ethyl adjacent to an activating group) is 1. The van der Waals surface area contributed by atoms with Crippen molar-refractivity contribution in [1.82, 2.24) is 24.9 Å². The number of hydrogen-bond donors (Lipinski definition) is 0. The molecule has 5 atom stereocenters. The second-order valence-corrected chi connectivity index (χ2v) is 14.3. The maximum absolute atomic E-state index is 14.8. The fraction of sp³-hybridized carbons (Fsp3) is 0.571. The highest BCUT2D eigenvalue weighted by Gasteiger charge is 2.38. The van der Waals surface area contributed by atoms with Gasteiger partial charge < -0.3 is 23.6 Å². The van der Waals surface area contributed by atoms with E-state index in [2.05, 4.69) is 21.2 Å². The highest BCUT2D eigenvalue weighted by Crippen LogP contribution is 2.37. The van der Waals surface area contributed by atoms with Gasteiger partial charge in [0.1, 0.15) is 41.4 Å². The van der Waals surface area contributed by atoms with Crippen molar-refractivity contribution in [3.63, 3.8) is 0 Å². The summed E-state index contributed by atoms with van der Waals surface area (Å²) < 4.78 is 67.5. The summed E-state index contributed by atoms with van der Waals surface area (Å²) in [5.41, 5.74) is -1.93. The topological polar surface area (TPSA) is 127 Å². The predicted octanol–water partition coefficient (Wildman–Crippen LogP) is 6.61. The first-order valence-corrected chi connectivity index (χ1v) is 16.4. The lowest BCUT2D eigenvalue weighted by atomic mass is 9.81. The van der Waals surface area contributed by atoms with Gasteiger partial charge in [-0.3, -0.25) is 4.90 Å². The third kappa shape index (κ3) is 8.26. The van der Waals surface area contributed by atoms with E-state index in [1.54, 1.807) is 39.5 Å². The van der Waals surface area contributed by atoms with Crippen molar-refractivity contribution >= 4 is 6.09 Å². The number of rotatable bonds is 9. The van der Waals surface area contributed by atoms with E-state index in [0.717, 1.165) is 0 Å². The first-order chi connectivity index (χ1) is 23.0. The SMILES string of the molecule is C[C@H](Oc1cc(O[C@H]2CCN(C(=O)OC(C)(C)C)[C@H](CC#N)C2)nc(-c2cc(C(C)(C)c3c(F)cccc3F)on2)n1)[C@@H]1C[C@H](F)CN1C. The molecule has 49 heavy (non-hydrogen) atoms. The molecule has 14 heteroatoms. The molecule has 0 unspecified atom stereocenters. The van der Waals surface area contributed by atoms with Crippen molar-refractivity contribution in [3.8, 4) is 29.3 Å². The van der Waals surface area contributed by atoms with Crippen LogP contribution in [0.3, 0.4) is 0 Å². The number of likely N-dealkylation sites (tertiary alicyclic amines) is 2. The van der Waals surface area contributed by atoms with Gasteiger partial charge in [0.15, 0.2) is 11.5 Å². The van der Waals surface area contributed by atoms with E-state index in [1.165, 1.54) is 30.3 Å². The van der Waals surface area contributed by atoms with Crippen molar-refractivity contribution in [1.29, 1.82) is 5.26 Å². The Kier molecular flexibility index (Phi) is 10.4. The van der Waals surface area contributed by atoms with E-state index >= 15 is 0 Å². The van der Waals surface area contributed by atoms with Gasteiger partial charge in [0, 0.05) is 43.6 Å². The van der Waals surface area contributed by atoms with Gasteiger partial charge in [-0.2, -0.15) is 15.2 Å². The second-order valence-electron chi connectivity index (χ2n) is 14.3. The fourth-order valence-corrected chi connectivity index (χ4v) is 6.47. The van der Waals surface area contributed by atoms with E-state index in [-0.39, 0.29) is 47.1 Å². The first-order valence-electron chi connectivity index (χ1n) is 16.4. The molecule has 4 heterocycles. The molecule has 11 nitrogen and oxygen atoms in total. The van der Waals surface area contributed by atoms with E-state index in [0.29, 0.717) is 32.4 Å². The Morgan fingerprint density at radius 1 is 1.12 bits per heavy atom. The average molecular weight is 685 g/mol. The lowest BCUT2D eigenvalue weighted by molar-refractivity contribution is -0.00382. The summed E-state index contributed by atoms with van der Waals surface area (Å²) in [6, 6.07) is 8.20. The number of alkyl halides is 1. The maximum Gasteiger partial charge on any atom is 0.410 e. The summed E-state index contributed by atoms with van der Waals surface area (Å²) in [5.74, 6) is -0.911. The van der Waals surface area contributed by atoms with Crippen molar-refractivity contribution in [2.75, 3.05) is 20.1 Å². The Morgan fingerprint density at radius 3 is 2.45 bits per heavy atom. The number of halogens is 3. The van der Waals surface area contributed by atoms with Crippen molar-refractivity contribution in [2.45, 2.75) is 109 Å². The number of piperidine rings is 1. The monoisotopic (exact) mass is 684 g/mol. The summed E-state index contributed by atoms with van der Waals surface area (Å²) in [5, 5.41) is 13.6. The average Bonchev–Trinajstić information content (AvgIpc) is 3.63. The molecule has 2 fully saturated rings. The molecule has 2 aromatic heterocycles.